The SMILES string of the molecule is O=C(CSc1nnnn1-c1ccc(O)cc1)N1CCc2ccccc2C1. The van der Waals surface area contributed by atoms with Crippen LogP contribution >= 0.6 is 11.8 Å². The van der Waals surface area contributed by atoms with Crippen molar-refractivity contribution in [2.75, 3.05) is 12.3 Å². The van der Waals surface area contributed by atoms with E-state index in [9.17, 15) is 9.90 Å². The van der Waals surface area contributed by atoms with Crippen LogP contribution in [0.1, 0.15) is 11.1 Å². The first kappa shape index (κ1) is 16.6. The molecular formula is C18H17N5O2S. The average molecular weight is 367 g/mol. The average Bonchev–Trinajstić information content (AvgIpc) is 3.15. The summed E-state index contributed by atoms with van der Waals surface area (Å²) in [5, 5.41) is 21.6. The van der Waals surface area contributed by atoms with Crippen LogP contribution in [0.5, 0.6) is 5.75 Å². The molecule has 1 N–H and O–H groups in total. The van der Waals surface area contributed by atoms with E-state index < -0.39 is 0 Å². The standard InChI is InChI=1S/C18H17N5O2S/c24-16-7-5-15(6-8-16)23-18(19-20-21-23)26-12-17(25)22-10-9-13-3-1-2-4-14(13)11-22/h1-8,24H,9-12H2. The Balaban J connectivity index is 1.41. The molecule has 132 valence electrons. The minimum Gasteiger partial charge on any atom is -0.508 e. The van der Waals surface area contributed by atoms with Gasteiger partial charge in [0, 0.05) is 13.1 Å². The summed E-state index contributed by atoms with van der Waals surface area (Å²) < 4.78 is 1.56. The van der Waals surface area contributed by atoms with Gasteiger partial charge in [-0.3, -0.25) is 4.79 Å². The van der Waals surface area contributed by atoms with Gasteiger partial charge in [-0.1, -0.05) is 36.0 Å². The highest BCUT2D eigenvalue weighted by Crippen LogP contribution is 2.22. The molecule has 0 spiro atoms. The smallest absolute Gasteiger partial charge is 0.233 e. The van der Waals surface area contributed by atoms with Gasteiger partial charge in [-0.2, -0.15) is 4.68 Å². The second-order valence-corrected chi connectivity index (χ2v) is 6.95. The van der Waals surface area contributed by atoms with E-state index in [4.69, 9.17) is 0 Å². The first-order valence-electron chi connectivity index (χ1n) is 8.26. The van der Waals surface area contributed by atoms with Crippen LogP contribution < -0.4 is 0 Å². The van der Waals surface area contributed by atoms with Crippen LogP contribution in [0.3, 0.4) is 0 Å². The Morgan fingerprint density at radius 2 is 1.88 bits per heavy atom. The van der Waals surface area contributed by atoms with Crippen molar-refractivity contribution in [3.8, 4) is 11.4 Å². The monoisotopic (exact) mass is 367 g/mol. The number of rotatable bonds is 4. The van der Waals surface area contributed by atoms with Gasteiger partial charge in [-0.15, -0.1) is 5.10 Å². The van der Waals surface area contributed by atoms with Crippen molar-refractivity contribution in [3.05, 3.63) is 59.7 Å². The lowest BCUT2D eigenvalue weighted by molar-refractivity contribution is -0.129. The predicted molar refractivity (Wildman–Crippen MR) is 97.1 cm³/mol. The maximum atomic E-state index is 12.6. The lowest BCUT2D eigenvalue weighted by Gasteiger charge is -2.28. The fraction of sp³-hybridized carbons (Fsp3) is 0.222. The zero-order valence-electron chi connectivity index (χ0n) is 13.9. The van der Waals surface area contributed by atoms with E-state index >= 15 is 0 Å². The van der Waals surface area contributed by atoms with E-state index in [-0.39, 0.29) is 17.4 Å². The molecule has 2 heterocycles. The first-order chi connectivity index (χ1) is 12.7. The van der Waals surface area contributed by atoms with E-state index in [1.165, 1.54) is 22.9 Å². The molecule has 0 unspecified atom stereocenters. The Morgan fingerprint density at radius 1 is 1.12 bits per heavy atom. The molecule has 2 aromatic carbocycles. The minimum absolute atomic E-state index is 0.0739. The molecule has 0 saturated heterocycles. The molecule has 0 saturated carbocycles. The maximum Gasteiger partial charge on any atom is 0.233 e. The number of aromatic hydroxyl groups is 1. The quantitative estimate of drug-likeness (QED) is 0.711. The van der Waals surface area contributed by atoms with Crippen LogP contribution in [-0.4, -0.2) is 48.4 Å². The van der Waals surface area contributed by atoms with Crippen molar-refractivity contribution in [2.24, 2.45) is 0 Å². The van der Waals surface area contributed by atoms with Crippen molar-refractivity contribution in [1.29, 1.82) is 0 Å². The van der Waals surface area contributed by atoms with Crippen LogP contribution in [0.25, 0.3) is 5.69 Å². The number of phenolic OH excluding ortho intramolecular Hbond substituents is 1. The number of benzene rings is 2. The molecule has 26 heavy (non-hydrogen) atoms. The van der Waals surface area contributed by atoms with Crippen LogP contribution in [-0.2, 0) is 17.8 Å². The van der Waals surface area contributed by atoms with Crippen molar-refractivity contribution in [2.45, 2.75) is 18.1 Å². The molecule has 3 aromatic rings. The van der Waals surface area contributed by atoms with E-state index in [1.807, 2.05) is 17.0 Å². The number of carbonyl (C=O) groups is 1. The molecule has 1 aromatic heterocycles. The minimum atomic E-state index is 0.0739. The third-order valence-electron chi connectivity index (χ3n) is 4.34. The Bertz CT molecular complexity index is 925. The summed E-state index contributed by atoms with van der Waals surface area (Å²) in [5.74, 6) is 0.530. The summed E-state index contributed by atoms with van der Waals surface area (Å²) in [6.07, 6.45) is 0.887. The molecule has 0 bridgehead atoms. The molecule has 0 radical (unpaired) electrons. The summed E-state index contributed by atoms with van der Waals surface area (Å²) in [5.41, 5.74) is 3.26. The largest absolute Gasteiger partial charge is 0.508 e. The molecule has 0 atom stereocenters. The number of fused-ring (bicyclic) bond motifs is 1. The van der Waals surface area contributed by atoms with E-state index in [0.29, 0.717) is 11.7 Å². The Kier molecular flexibility index (Phi) is 4.57. The second kappa shape index (κ2) is 7.17. The summed E-state index contributed by atoms with van der Waals surface area (Å²) in [4.78, 5) is 14.5. The Hall–Kier alpha value is -2.87. The van der Waals surface area contributed by atoms with Crippen LogP contribution in [0.2, 0.25) is 0 Å². The predicted octanol–water partition coefficient (Wildman–Crippen LogP) is 2.04. The van der Waals surface area contributed by atoms with Gasteiger partial charge in [0.1, 0.15) is 5.75 Å². The molecular weight excluding hydrogens is 350 g/mol. The van der Waals surface area contributed by atoms with E-state index in [2.05, 4.69) is 27.7 Å². The number of hydrogen-bond acceptors (Lipinski definition) is 6. The van der Waals surface area contributed by atoms with Gasteiger partial charge in [0.2, 0.25) is 11.1 Å². The second-order valence-electron chi connectivity index (χ2n) is 6.01. The van der Waals surface area contributed by atoms with Gasteiger partial charge in [0.15, 0.2) is 0 Å². The van der Waals surface area contributed by atoms with Crippen LogP contribution in [0.15, 0.2) is 53.7 Å². The maximum absolute atomic E-state index is 12.6. The first-order valence-corrected chi connectivity index (χ1v) is 9.24. The molecule has 4 rings (SSSR count). The Labute approximate surface area is 154 Å². The van der Waals surface area contributed by atoms with E-state index in [1.54, 1.807) is 28.9 Å². The van der Waals surface area contributed by atoms with Gasteiger partial charge in [0.25, 0.3) is 0 Å². The molecule has 1 amide bonds. The highest BCUT2D eigenvalue weighted by molar-refractivity contribution is 7.99. The topological polar surface area (TPSA) is 84.1 Å². The number of aromatic nitrogens is 4. The lowest BCUT2D eigenvalue weighted by Crippen LogP contribution is -2.37. The molecule has 8 heteroatoms. The zero-order valence-corrected chi connectivity index (χ0v) is 14.8. The third kappa shape index (κ3) is 3.41. The summed E-state index contributed by atoms with van der Waals surface area (Å²) >= 11 is 1.31. The lowest BCUT2D eigenvalue weighted by atomic mass is 10.00. The summed E-state index contributed by atoms with van der Waals surface area (Å²) in [6, 6.07) is 14.8. The normalized spacial score (nSPS) is 13.5. The van der Waals surface area contributed by atoms with Crippen LogP contribution in [0, 0.1) is 0 Å². The highest BCUT2D eigenvalue weighted by Gasteiger charge is 2.21. The summed E-state index contributed by atoms with van der Waals surface area (Å²) in [6.45, 7) is 1.39. The van der Waals surface area contributed by atoms with E-state index in [0.717, 1.165) is 18.7 Å². The fourth-order valence-corrected chi connectivity index (χ4v) is 3.74. The number of hydrogen-bond donors (Lipinski definition) is 1. The van der Waals surface area contributed by atoms with Gasteiger partial charge in [-0.05, 0) is 52.2 Å². The van der Waals surface area contributed by atoms with Crippen LogP contribution in [0.4, 0.5) is 0 Å². The highest BCUT2D eigenvalue weighted by atomic mass is 32.2. The van der Waals surface area contributed by atoms with Crippen molar-refractivity contribution >= 4 is 17.7 Å². The molecule has 1 aliphatic heterocycles. The van der Waals surface area contributed by atoms with Crippen molar-refractivity contribution in [1.82, 2.24) is 25.1 Å². The van der Waals surface area contributed by atoms with Gasteiger partial charge in [-0.25, -0.2) is 0 Å². The molecule has 0 fully saturated rings. The van der Waals surface area contributed by atoms with Gasteiger partial charge < -0.3 is 10.0 Å². The number of thioether (sulfide) groups is 1. The number of phenols is 1. The number of carbonyl (C=O) groups excluding carboxylic acids is 1. The van der Waals surface area contributed by atoms with Crippen molar-refractivity contribution in [3.63, 3.8) is 0 Å². The van der Waals surface area contributed by atoms with Crippen molar-refractivity contribution < 1.29 is 9.90 Å². The van der Waals surface area contributed by atoms with Gasteiger partial charge in [0.05, 0.1) is 11.4 Å². The number of amides is 1. The number of nitrogens with zero attached hydrogens (tertiary/aromatic N) is 5. The zero-order chi connectivity index (χ0) is 17.9. The Morgan fingerprint density at radius 3 is 2.69 bits per heavy atom. The molecule has 1 aliphatic rings. The third-order valence-corrected chi connectivity index (χ3v) is 5.25. The molecule has 7 nitrogen and oxygen atoms in total. The number of tetrazole rings is 1. The van der Waals surface area contributed by atoms with Gasteiger partial charge >= 0.3 is 0 Å². The fourth-order valence-electron chi connectivity index (χ4n) is 2.95. The molecule has 0 aliphatic carbocycles. The summed E-state index contributed by atoms with van der Waals surface area (Å²) in [7, 11) is 0.